The zero-order chi connectivity index (χ0) is 22.8. The van der Waals surface area contributed by atoms with Gasteiger partial charge in [-0.15, -0.1) is 0 Å². The Kier molecular flexibility index (Phi) is 5.85. The zero-order valence-corrected chi connectivity index (χ0v) is 18.4. The monoisotopic (exact) mass is 434 g/mol. The first kappa shape index (κ1) is 21.4. The number of carbonyl (C=O) groups is 2. The van der Waals surface area contributed by atoms with Gasteiger partial charge in [0.25, 0.3) is 11.8 Å². The van der Waals surface area contributed by atoms with Gasteiger partial charge >= 0.3 is 0 Å². The molecule has 1 fully saturated rings. The summed E-state index contributed by atoms with van der Waals surface area (Å²) in [5.74, 6) is 0.599. The second-order valence-corrected chi connectivity index (χ2v) is 7.84. The fourth-order valence-corrected chi connectivity index (χ4v) is 4.12. The molecule has 0 aliphatic carbocycles. The number of hydrogen-bond donors (Lipinski definition) is 1. The molecule has 32 heavy (non-hydrogen) atoms. The Morgan fingerprint density at radius 3 is 2.09 bits per heavy atom. The van der Waals surface area contributed by atoms with E-state index < -0.39 is 0 Å². The smallest absolute Gasteiger partial charge is 0.255 e. The predicted molar refractivity (Wildman–Crippen MR) is 121 cm³/mol. The van der Waals surface area contributed by atoms with E-state index in [2.05, 4.69) is 9.55 Å². The molecule has 2 aromatic heterocycles. The Hall–Kier alpha value is -3.81. The number of piperazine rings is 1. The summed E-state index contributed by atoms with van der Waals surface area (Å²) in [5, 5.41) is 0. The Morgan fingerprint density at radius 2 is 1.53 bits per heavy atom. The largest absolute Gasteiger partial charge is 0.497 e. The normalized spacial score (nSPS) is 13.8. The number of nitrogens with one attached hydrogen (secondary N) is 1. The van der Waals surface area contributed by atoms with Crippen molar-refractivity contribution in [2.24, 2.45) is 0 Å². The molecular formula is C24H26N4O4. The minimum atomic E-state index is -0.246. The van der Waals surface area contributed by atoms with Gasteiger partial charge in [-0.2, -0.15) is 0 Å². The van der Waals surface area contributed by atoms with Crippen molar-refractivity contribution in [1.82, 2.24) is 19.4 Å². The van der Waals surface area contributed by atoms with Crippen LogP contribution in [-0.4, -0.2) is 64.5 Å². The lowest BCUT2D eigenvalue weighted by Crippen LogP contribution is -2.50. The van der Waals surface area contributed by atoms with Crippen molar-refractivity contribution in [2.75, 3.05) is 33.3 Å². The molecule has 166 valence electrons. The molecule has 3 aromatic rings. The second-order valence-electron chi connectivity index (χ2n) is 7.84. The molecule has 8 nitrogen and oxygen atoms in total. The summed E-state index contributed by atoms with van der Waals surface area (Å²) in [4.78, 5) is 43.1. The van der Waals surface area contributed by atoms with Crippen LogP contribution in [0.4, 0.5) is 0 Å². The molecule has 1 saturated heterocycles. The molecule has 1 aliphatic rings. The van der Waals surface area contributed by atoms with Crippen LogP contribution in [0.15, 0.2) is 53.5 Å². The Balaban J connectivity index is 1.47. The van der Waals surface area contributed by atoms with Crippen molar-refractivity contribution >= 4 is 11.8 Å². The molecule has 2 amide bonds. The summed E-state index contributed by atoms with van der Waals surface area (Å²) in [5.41, 5.74) is 3.68. The van der Waals surface area contributed by atoms with E-state index in [9.17, 15) is 14.4 Å². The number of nitrogens with zero attached hydrogens (tertiary/aromatic N) is 3. The van der Waals surface area contributed by atoms with Gasteiger partial charge in [0.15, 0.2) is 0 Å². The van der Waals surface area contributed by atoms with E-state index in [4.69, 9.17) is 4.74 Å². The first-order valence-corrected chi connectivity index (χ1v) is 10.5. The van der Waals surface area contributed by atoms with Gasteiger partial charge in [0.1, 0.15) is 5.75 Å². The number of aromatic amines is 1. The third-order valence-electron chi connectivity index (χ3n) is 5.88. The van der Waals surface area contributed by atoms with Gasteiger partial charge in [-0.25, -0.2) is 0 Å². The lowest BCUT2D eigenvalue weighted by atomic mass is 10.1. The highest BCUT2D eigenvalue weighted by atomic mass is 16.5. The first-order valence-electron chi connectivity index (χ1n) is 10.5. The number of amides is 2. The van der Waals surface area contributed by atoms with Crippen molar-refractivity contribution in [3.63, 3.8) is 0 Å². The maximum atomic E-state index is 13.3. The van der Waals surface area contributed by atoms with Crippen LogP contribution in [0.5, 0.6) is 5.75 Å². The number of rotatable bonds is 4. The van der Waals surface area contributed by atoms with Crippen LogP contribution in [0.2, 0.25) is 0 Å². The van der Waals surface area contributed by atoms with E-state index in [1.807, 2.05) is 44.2 Å². The van der Waals surface area contributed by atoms with Crippen molar-refractivity contribution < 1.29 is 14.3 Å². The number of carbonyl (C=O) groups excluding carboxylic acids is 2. The fraction of sp³-hybridized carbons (Fsp3) is 0.292. The van der Waals surface area contributed by atoms with Gasteiger partial charge in [-0.05, 0) is 50.2 Å². The highest BCUT2D eigenvalue weighted by Crippen LogP contribution is 2.24. The van der Waals surface area contributed by atoms with Crippen LogP contribution in [0, 0.1) is 13.8 Å². The fourth-order valence-electron chi connectivity index (χ4n) is 4.12. The van der Waals surface area contributed by atoms with Gasteiger partial charge in [0.05, 0.1) is 18.2 Å². The Labute approximate surface area is 186 Å². The van der Waals surface area contributed by atoms with E-state index in [0.717, 1.165) is 22.8 Å². The van der Waals surface area contributed by atoms with Crippen molar-refractivity contribution in [2.45, 2.75) is 13.8 Å². The standard InChI is InChI=1S/C24H26N4O4/c1-16-14-21(17(2)28(16)19-5-7-20(32-3)8-6-19)24(31)27-12-10-26(11-13-27)23(30)18-4-9-22(29)25-15-18/h4-9,14-15H,10-13H2,1-3H3,(H,25,29). The van der Waals surface area contributed by atoms with Crippen molar-refractivity contribution in [3.05, 3.63) is 81.5 Å². The molecule has 0 spiro atoms. The number of H-pyrrole nitrogens is 1. The van der Waals surface area contributed by atoms with Gasteiger partial charge in [-0.1, -0.05) is 0 Å². The average Bonchev–Trinajstić information content (AvgIpc) is 3.12. The molecule has 0 atom stereocenters. The summed E-state index contributed by atoms with van der Waals surface area (Å²) in [6.07, 6.45) is 1.43. The quantitative estimate of drug-likeness (QED) is 0.683. The maximum absolute atomic E-state index is 13.3. The lowest BCUT2D eigenvalue weighted by Gasteiger charge is -2.34. The topological polar surface area (TPSA) is 87.6 Å². The van der Waals surface area contributed by atoms with E-state index in [-0.39, 0.29) is 17.4 Å². The molecule has 4 rings (SSSR count). The van der Waals surface area contributed by atoms with Crippen LogP contribution in [-0.2, 0) is 0 Å². The molecule has 1 N–H and O–H groups in total. The van der Waals surface area contributed by atoms with Gasteiger partial charge in [0.2, 0.25) is 5.56 Å². The van der Waals surface area contributed by atoms with Crippen LogP contribution >= 0.6 is 0 Å². The van der Waals surface area contributed by atoms with E-state index in [0.29, 0.717) is 37.3 Å². The molecule has 0 saturated carbocycles. The van der Waals surface area contributed by atoms with Crippen molar-refractivity contribution in [1.29, 1.82) is 0 Å². The molecular weight excluding hydrogens is 408 g/mol. The van der Waals surface area contributed by atoms with E-state index in [1.165, 1.54) is 18.3 Å². The predicted octanol–water partition coefficient (Wildman–Crippen LogP) is 2.39. The number of ether oxygens (including phenoxy) is 1. The Morgan fingerprint density at radius 1 is 0.906 bits per heavy atom. The second kappa shape index (κ2) is 8.74. The maximum Gasteiger partial charge on any atom is 0.255 e. The van der Waals surface area contributed by atoms with Gasteiger partial charge in [-0.3, -0.25) is 14.4 Å². The first-order chi connectivity index (χ1) is 15.4. The summed E-state index contributed by atoms with van der Waals surface area (Å²) in [6, 6.07) is 12.5. The number of aromatic nitrogens is 2. The Bertz CT molecular complexity index is 1180. The van der Waals surface area contributed by atoms with Gasteiger partial charge in [0, 0.05) is 55.5 Å². The van der Waals surface area contributed by atoms with Crippen LogP contribution < -0.4 is 10.3 Å². The molecule has 8 heteroatoms. The lowest BCUT2D eigenvalue weighted by molar-refractivity contribution is 0.0535. The number of methoxy groups -OCH3 is 1. The third-order valence-corrected chi connectivity index (χ3v) is 5.88. The number of pyridine rings is 1. The van der Waals surface area contributed by atoms with E-state index in [1.54, 1.807) is 16.9 Å². The summed E-state index contributed by atoms with van der Waals surface area (Å²) in [7, 11) is 1.63. The molecule has 0 radical (unpaired) electrons. The van der Waals surface area contributed by atoms with Crippen molar-refractivity contribution in [3.8, 4) is 11.4 Å². The molecule has 3 heterocycles. The summed E-state index contributed by atoms with van der Waals surface area (Å²) < 4.78 is 7.29. The number of benzene rings is 1. The minimum Gasteiger partial charge on any atom is -0.497 e. The SMILES string of the molecule is COc1ccc(-n2c(C)cc(C(=O)N3CCN(C(=O)c4ccc(=O)[nH]c4)CC3)c2C)cc1. The van der Waals surface area contributed by atoms with Crippen LogP contribution in [0.3, 0.4) is 0 Å². The molecule has 0 unspecified atom stereocenters. The van der Waals surface area contributed by atoms with Crippen LogP contribution in [0.1, 0.15) is 32.1 Å². The van der Waals surface area contributed by atoms with E-state index >= 15 is 0 Å². The zero-order valence-electron chi connectivity index (χ0n) is 18.4. The highest BCUT2D eigenvalue weighted by Gasteiger charge is 2.27. The van der Waals surface area contributed by atoms with Crippen LogP contribution in [0.25, 0.3) is 5.69 Å². The summed E-state index contributed by atoms with van der Waals surface area (Å²) >= 11 is 0. The minimum absolute atomic E-state index is 0.0333. The van der Waals surface area contributed by atoms with Gasteiger partial charge < -0.3 is 24.1 Å². The summed E-state index contributed by atoms with van der Waals surface area (Å²) in [6.45, 7) is 5.73. The molecule has 1 aliphatic heterocycles. The number of hydrogen-bond acceptors (Lipinski definition) is 4. The average molecular weight is 434 g/mol. The number of aryl methyl sites for hydroxylation is 1. The molecule has 1 aromatic carbocycles. The highest BCUT2D eigenvalue weighted by molar-refractivity contribution is 5.97. The third kappa shape index (κ3) is 4.03. The molecule has 0 bridgehead atoms.